The molecule has 3 nitrogen and oxygen atoms in total. The van der Waals surface area contributed by atoms with E-state index in [1.807, 2.05) is 13.0 Å². The summed E-state index contributed by atoms with van der Waals surface area (Å²) in [5.74, 6) is -0.156. The van der Waals surface area contributed by atoms with Crippen molar-refractivity contribution >= 4 is 33.1 Å². The van der Waals surface area contributed by atoms with Crippen LogP contribution < -0.4 is 5.32 Å². The molecule has 1 heterocycles. The molecule has 0 fully saturated rings. The first kappa shape index (κ1) is 11.9. The van der Waals surface area contributed by atoms with Crippen LogP contribution in [0, 0.1) is 0 Å². The van der Waals surface area contributed by atoms with E-state index in [2.05, 4.69) is 28.9 Å². The minimum Gasteiger partial charge on any atom is -0.466 e. The maximum atomic E-state index is 11.1. The van der Waals surface area contributed by atoms with Gasteiger partial charge in [-0.05, 0) is 42.0 Å². The average molecular weight is 249 g/mol. The van der Waals surface area contributed by atoms with Gasteiger partial charge in [0.1, 0.15) is 0 Å². The second-order valence-corrected chi connectivity index (χ2v) is 4.60. The zero-order chi connectivity index (χ0) is 12.1. The summed E-state index contributed by atoms with van der Waals surface area (Å²) < 4.78 is 6.14. The fourth-order valence-electron chi connectivity index (χ4n) is 1.62. The Morgan fingerprint density at radius 3 is 3.12 bits per heavy atom. The monoisotopic (exact) mass is 249 g/mol. The van der Waals surface area contributed by atoms with Crippen LogP contribution >= 0.6 is 11.3 Å². The molecule has 0 unspecified atom stereocenters. The molecular weight excluding hydrogens is 234 g/mol. The van der Waals surface area contributed by atoms with Crippen molar-refractivity contribution in [2.24, 2.45) is 0 Å². The van der Waals surface area contributed by atoms with Gasteiger partial charge in [-0.2, -0.15) is 0 Å². The molecule has 1 aromatic carbocycles. The Morgan fingerprint density at radius 1 is 1.41 bits per heavy atom. The van der Waals surface area contributed by atoms with E-state index in [1.54, 1.807) is 11.3 Å². The lowest BCUT2D eigenvalue weighted by Gasteiger charge is -2.06. The van der Waals surface area contributed by atoms with Crippen LogP contribution in [0.25, 0.3) is 10.1 Å². The van der Waals surface area contributed by atoms with Crippen molar-refractivity contribution < 1.29 is 9.53 Å². The number of esters is 1. The molecule has 0 atom stereocenters. The maximum Gasteiger partial charge on any atom is 0.307 e. The van der Waals surface area contributed by atoms with Gasteiger partial charge in [-0.15, -0.1) is 11.3 Å². The van der Waals surface area contributed by atoms with Crippen LogP contribution in [0.3, 0.4) is 0 Å². The highest BCUT2D eigenvalue weighted by Gasteiger charge is 2.01. The van der Waals surface area contributed by atoms with Gasteiger partial charge in [0.15, 0.2) is 0 Å². The molecule has 0 spiro atoms. The highest BCUT2D eigenvalue weighted by atomic mass is 32.1. The average Bonchev–Trinajstić information content (AvgIpc) is 2.76. The molecule has 0 saturated heterocycles. The molecule has 90 valence electrons. The van der Waals surface area contributed by atoms with Crippen LogP contribution in [0.2, 0.25) is 0 Å². The van der Waals surface area contributed by atoms with Gasteiger partial charge in [0, 0.05) is 16.9 Å². The van der Waals surface area contributed by atoms with Crippen molar-refractivity contribution in [1.82, 2.24) is 0 Å². The Morgan fingerprint density at radius 2 is 2.29 bits per heavy atom. The number of fused-ring (bicyclic) bond motifs is 1. The minimum absolute atomic E-state index is 0.156. The molecule has 4 heteroatoms. The quantitative estimate of drug-likeness (QED) is 0.826. The Balaban J connectivity index is 1.88. The Hall–Kier alpha value is -1.55. The van der Waals surface area contributed by atoms with E-state index in [0.717, 1.165) is 5.69 Å². The highest BCUT2D eigenvalue weighted by Crippen LogP contribution is 2.23. The molecular formula is C13H15NO2S. The lowest BCUT2D eigenvalue weighted by molar-refractivity contribution is -0.142. The zero-order valence-corrected chi connectivity index (χ0v) is 10.5. The molecule has 17 heavy (non-hydrogen) atoms. The van der Waals surface area contributed by atoms with Crippen molar-refractivity contribution in [3.8, 4) is 0 Å². The normalized spacial score (nSPS) is 10.4. The summed E-state index contributed by atoms with van der Waals surface area (Å²) in [7, 11) is 0. The number of benzene rings is 1. The molecule has 0 aliphatic carbocycles. The lowest BCUT2D eigenvalue weighted by Crippen LogP contribution is -2.11. The number of anilines is 1. The smallest absolute Gasteiger partial charge is 0.307 e. The van der Waals surface area contributed by atoms with E-state index in [-0.39, 0.29) is 5.97 Å². The fraction of sp³-hybridized carbons (Fsp3) is 0.308. The van der Waals surface area contributed by atoms with E-state index in [4.69, 9.17) is 4.74 Å². The van der Waals surface area contributed by atoms with Crippen LogP contribution in [0.4, 0.5) is 5.69 Å². The minimum atomic E-state index is -0.156. The summed E-state index contributed by atoms with van der Waals surface area (Å²) in [6.45, 7) is 2.87. The van der Waals surface area contributed by atoms with E-state index in [9.17, 15) is 4.79 Å². The Kier molecular flexibility index (Phi) is 3.98. The third-order valence-corrected chi connectivity index (χ3v) is 3.31. The van der Waals surface area contributed by atoms with E-state index in [0.29, 0.717) is 19.6 Å². The predicted octanol–water partition coefficient (Wildman–Crippen LogP) is 3.27. The van der Waals surface area contributed by atoms with Crippen molar-refractivity contribution in [3.63, 3.8) is 0 Å². The fourth-order valence-corrected chi connectivity index (χ4v) is 2.39. The van der Waals surface area contributed by atoms with Gasteiger partial charge in [0.2, 0.25) is 0 Å². The first-order valence-corrected chi connectivity index (χ1v) is 6.54. The van der Waals surface area contributed by atoms with Crippen molar-refractivity contribution in [3.05, 3.63) is 29.6 Å². The van der Waals surface area contributed by atoms with Gasteiger partial charge in [0.25, 0.3) is 0 Å². The molecule has 0 amide bonds. The molecule has 0 bridgehead atoms. The first-order chi connectivity index (χ1) is 8.29. The summed E-state index contributed by atoms with van der Waals surface area (Å²) in [6.07, 6.45) is 0.398. The second kappa shape index (κ2) is 5.68. The third kappa shape index (κ3) is 3.20. The van der Waals surface area contributed by atoms with E-state index in [1.165, 1.54) is 10.1 Å². The number of carbonyl (C=O) groups excluding carboxylic acids is 1. The van der Waals surface area contributed by atoms with E-state index >= 15 is 0 Å². The SMILES string of the molecule is CCOC(=O)CCNc1ccc2sccc2c1. The third-order valence-electron chi connectivity index (χ3n) is 2.42. The lowest BCUT2D eigenvalue weighted by atomic mass is 10.2. The van der Waals surface area contributed by atoms with Crippen molar-refractivity contribution in [2.75, 3.05) is 18.5 Å². The van der Waals surface area contributed by atoms with Gasteiger partial charge in [0.05, 0.1) is 13.0 Å². The molecule has 0 aliphatic heterocycles. The number of hydrogen-bond donors (Lipinski definition) is 1. The summed E-state index contributed by atoms with van der Waals surface area (Å²) >= 11 is 1.73. The summed E-state index contributed by atoms with van der Waals surface area (Å²) in [5.41, 5.74) is 1.04. The number of rotatable bonds is 5. The van der Waals surface area contributed by atoms with Gasteiger partial charge in [-0.1, -0.05) is 0 Å². The van der Waals surface area contributed by atoms with Crippen LogP contribution in [0.1, 0.15) is 13.3 Å². The molecule has 1 aromatic heterocycles. The summed E-state index contributed by atoms with van der Waals surface area (Å²) in [5, 5.41) is 6.53. The maximum absolute atomic E-state index is 11.1. The number of thiophene rings is 1. The summed E-state index contributed by atoms with van der Waals surface area (Å²) in [6, 6.07) is 8.31. The molecule has 0 radical (unpaired) electrons. The molecule has 0 saturated carbocycles. The van der Waals surface area contributed by atoms with Crippen LogP contribution in [-0.4, -0.2) is 19.1 Å². The van der Waals surface area contributed by atoms with Gasteiger partial charge < -0.3 is 10.1 Å². The molecule has 2 rings (SSSR count). The Labute approximate surface area is 104 Å². The molecule has 0 aliphatic rings. The van der Waals surface area contributed by atoms with Crippen molar-refractivity contribution in [2.45, 2.75) is 13.3 Å². The van der Waals surface area contributed by atoms with Crippen LogP contribution in [0.5, 0.6) is 0 Å². The first-order valence-electron chi connectivity index (χ1n) is 5.66. The standard InChI is InChI=1S/C13H15NO2S/c1-2-16-13(15)5-7-14-11-3-4-12-10(9-11)6-8-17-12/h3-4,6,8-9,14H,2,5,7H2,1H3. The van der Waals surface area contributed by atoms with Gasteiger partial charge >= 0.3 is 5.97 Å². The van der Waals surface area contributed by atoms with E-state index < -0.39 is 0 Å². The second-order valence-electron chi connectivity index (χ2n) is 3.66. The van der Waals surface area contributed by atoms with Crippen LogP contribution in [0.15, 0.2) is 29.6 Å². The number of hydrogen-bond acceptors (Lipinski definition) is 4. The van der Waals surface area contributed by atoms with Gasteiger partial charge in [-0.3, -0.25) is 4.79 Å². The topological polar surface area (TPSA) is 38.3 Å². The van der Waals surface area contributed by atoms with Crippen LogP contribution in [-0.2, 0) is 9.53 Å². The zero-order valence-electron chi connectivity index (χ0n) is 9.73. The molecule has 1 N–H and O–H groups in total. The highest BCUT2D eigenvalue weighted by molar-refractivity contribution is 7.17. The largest absolute Gasteiger partial charge is 0.466 e. The van der Waals surface area contributed by atoms with Gasteiger partial charge in [-0.25, -0.2) is 0 Å². The number of nitrogens with one attached hydrogen (secondary N) is 1. The number of carbonyl (C=O) groups is 1. The predicted molar refractivity (Wildman–Crippen MR) is 71.6 cm³/mol. The van der Waals surface area contributed by atoms with Crippen molar-refractivity contribution in [1.29, 1.82) is 0 Å². The molecule has 2 aromatic rings. The Bertz CT molecular complexity index is 507. The number of ether oxygens (including phenoxy) is 1. The summed E-state index contributed by atoms with van der Waals surface area (Å²) in [4.78, 5) is 11.1.